The van der Waals surface area contributed by atoms with Crippen molar-refractivity contribution in [1.82, 2.24) is 10.6 Å². The summed E-state index contributed by atoms with van der Waals surface area (Å²) in [6.45, 7) is 4.35. The molecule has 6 unspecified atom stereocenters. The van der Waals surface area contributed by atoms with Crippen molar-refractivity contribution in [1.29, 1.82) is 0 Å². The van der Waals surface area contributed by atoms with Gasteiger partial charge in [0.2, 0.25) is 11.8 Å². The van der Waals surface area contributed by atoms with Gasteiger partial charge in [0, 0.05) is 24.9 Å². The molecule has 4 aliphatic rings. The minimum Gasteiger partial charge on any atom is -0.366 e. The van der Waals surface area contributed by atoms with Crippen molar-refractivity contribution < 1.29 is 27.5 Å². The van der Waals surface area contributed by atoms with Gasteiger partial charge in [0.15, 0.2) is 9.84 Å². The Morgan fingerprint density at radius 2 is 1.28 bits per heavy atom. The average molecular weight is 429 g/mol. The molecule has 4 fully saturated rings. The van der Waals surface area contributed by atoms with Crippen LogP contribution in [-0.2, 0) is 28.9 Å². The molecule has 4 rings (SSSR count). The number of fused-ring (bicyclic) bond motifs is 2. The number of ether oxygens (including phenoxy) is 2. The van der Waals surface area contributed by atoms with Crippen molar-refractivity contribution in [3.63, 3.8) is 0 Å². The molecule has 2 N–H and O–H groups in total. The summed E-state index contributed by atoms with van der Waals surface area (Å²) >= 11 is 0. The van der Waals surface area contributed by atoms with E-state index >= 15 is 0 Å². The van der Waals surface area contributed by atoms with Gasteiger partial charge in [-0.3, -0.25) is 9.59 Å². The molecule has 0 aromatic rings. The second-order valence-electron chi connectivity index (χ2n) is 9.51. The Hall–Kier alpha value is -1.19. The van der Waals surface area contributed by atoms with Crippen LogP contribution < -0.4 is 10.6 Å². The Balaban J connectivity index is 1.11. The van der Waals surface area contributed by atoms with Crippen molar-refractivity contribution in [2.24, 2.45) is 11.8 Å². The topological polar surface area (TPSA) is 117 Å². The number of amides is 2. The van der Waals surface area contributed by atoms with Crippen LogP contribution in [0.25, 0.3) is 0 Å². The largest absolute Gasteiger partial charge is 0.366 e. The first-order valence-electron chi connectivity index (χ1n) is 10.7. The number of epoxide rings is 2. The van der Waals surface area contributed by atoms with Crippen molar-refractivity contribution in [2.45, 2.75) is 75.8 Å². The summed E-state index contributed by atoms with van der Waals surface area (Å²) in [5.74, 6) is -0.584. The highest BCUT2D eigenvalue weighted by Gasteiger charge is 2.57. The van der Waals surface area contributed by atoms with Crippen LogP contribution in [0.15, 0.2) is 0 Å². The third-order valence-electron chi connectivity index (χ3n) is 7.21. The molecule has 2 heterocycles. The lowest BCUT2D eigenvalue weighted by Crippen LogP contribution is -2.39. The number of sulfone groups is 1. The van der Waals surface area contributed by atoms with E-state index in [0.29, 0.717) is 12.8 Å². The van der Waals surface area contributed by atoms with E-state index in [-0.39, 0.29) is 71.7 Å². The predicted molar refractivity (Wildman–Crippen MR) is 106 cm³/mol. The lowest BCUT2D eigenvalue weighted by molar-refractivity contribution is -0.126. The Morgan fingerprint density at radius 3 is 1.66 bits per heavy atom. The standard InChI is InChI=1S/C20H32N2O6S/c1-19-5-3-13(11-15(19)27-19)17(23)21-7-9-29(25,26)10-8-22-18(24)14-4-6-20(2)16(12-14)28-20/h13-16H,3-12H2,1-2H3,(H,21,23)(H,22,24). The Kier molecular flexibility index (Phi) is 5.44. The fraction of sp³-hybridized carbons (Fsp3) is 0.900. The van der Waals surface area contributed by atoms with Crippen LogP contribution in [-0.4, -0.2) is 68.2 Å². The van der Waals surface area contributed by atoms with Gasteiger partial charge in [-0.2, -0.15) is 0 Å². The van der Waals surface area contributed by atoms with E-state index in [1.165, 1.54) is 0 Å². The highest BCUT2D eigenvalue weighted by Crippen LogP contribution is 2.49. The van der Waals surface area contributed by atoms with Gasteiger partial charge in [-0.1, -0.05) is 0 Å². The third-order valence-corrected chi connectivity index (χ3v) is 8.86. The molecule has 0 spiro atoms. The zero-order chi connectivity index (χ0) is 20.9. The van der Waals surface area contributed by atoms with E-state index in [1.807, 2.05) is 0 Å². The van der Waals surface area contributed by atoms with Gasteiger partial charge in [0.1, 0.15) is 0 Å². The van der Waals surface area contributed by atoms with Crippen molar-refractivity contribution >= 4 is 21.7 Å². The first-order valence-corrected chi connectivity index (χ1v) is 12.5. The second kappa shape index (κ2) is 7.50. The molecular formula is C20H32N2O6S. The van der Waals surface area contributed by atoms with Crippen LogP contribution in [0.3, 0.4) is 0 Å². The smallest absolute Gasteiger partial charge is 0.223 e. The maximum atomic E-state index is 12.3. The minimum absolute atomic E-state index is 0.0342. The fourth-order valence-electron chi connectivity index (χ4n) is 4.82. The van der Waals surface area contributed by atoms with Gasteiger partial charge < -0.3 is 20.1 Å². The van der Waals surface area contributed by atoms with E-state index < -0.39 is 9.84 Å². The van der Waals surface area contributed by atoms with E-state index in [2.05, 4.69) is 24.5 Å². The van der Waals surface area contributed by atoms with Crippen LogP contribution in [0.4, 0.5) is 0 Å². The molecule has 9 heteroatoms. The van der Waals surface area contributed by atoms with Crippen molar-refractivity contribution in [3.05, 3.63) is 0 Å². The van der Waals surface area contributed by atoms with Crippen LogP contribution in [0, 0.1) is 11.8 Å². The minimum atomic E-state index is -3.34. The van der Waals surface area contributed by atoms with Gasteiger partial charge in [-0.05, 0) is 52.4 Å². The Bertz CT molecular complexity index is 728. The van der Waals surface area contributed by atoms with Gasteiger partial charge >= 0.3 is 0 Å². The molecule has 8 nitrogen and oxygen atoms in total. The van der Waals surface area contributed by atoms with E-state index in [4.69, 9.17) is 9.47 Å². The lowest BCUT2D eigenvalue weighted by Gasteiger charge is -2.22. The number of carbonyl (C=O) groups is 2. The monoisotopic (exact) mass is 428 g/mol. The zero-order valence-corrected chi connectivity index (χ0v) is 18.1. The van der Waals surface area contributed by atoms with Gasteiger partial charge in [-0.15, -0.1) is 0 Å². The molecule has 2 aliphatic carbocycles. The van der Waals surface area contributed by atoms with Crippen LogP contribution in [0.1, 0.15) is 52.4 Å². The molecule has 0 bridgehead atoms. The molecule has 29 heavy (non-hydrogen) atoms. The Morgan fingerprint density at radius 1 is 0.862 bits per heavy atom. The molecule has 2 amide bonds. The normalized spacial score (nSPS) is 40.3. The summed E-state index contributed by atoms with van der Waals surface area (Å²) in [5, 5.41) is 5.50. The van der Waals surface area contributed by atoms with E-state index in [1.54, 1.807) is 0 Å². The molecule has 0 aromatic heterocycles. The molecule has 2 saturated heterocycles. The molecule has 164 valence electrons. The summed E-state index contributed by atoms with van der Waals surface area (Å²) in [6, 6.07) is 0. The summed E-state index contributed by atoms with van der Waals surface area (Å²) in [7, 11) is -3.34. The molecule has 6 atom stereocenters. The third kappa shape index (κ3) is 4.77. The summed E-state index contributed by atoms with van der Waals surface area (Å²) in [6.07, 6.45) is 5.09. The zero-order valence-electron chi connectivity index (χ0n) is 17.2. The van der Waals surface area contributed by atoms with Gasteiger partial charge in [0.05, 0.1) is 34.9 Å². The fourth-order valence-corrected chi connectivity index (χ4v) is 5.85. The predicted octanol–water partition coefficient (Wildman–Crippen LogP) is 0.549. The molecular weight excluding hydrogens is 396 g/mol. The van der Waals surface area contributed by atoms with Crippen LogP contribution in [0.5, 0.6) is 0 Å². The van der Waals surface area contributed by atoms with Gasteiger partial charge in [0.25, 0.3) is 0 Å². The van der Waals surface area contributed by atoms with Crippen LogP contribution >= 0.6 is 0 Å². The number of carbonyl (C=O) groups excluding carboxylic acids is 2. The van der Waals surface area contributed by atoms with Crippen LogP contribution in [0.2, 0.25) is 0 Å². The summed E-state index contributed by atoms with van der Waals surface area (Å²) in [5.41, 5.74) is -0.0684. The summed E-state index contributed by atoms with van der Waals surface area (Å²) in [4.78, 5) is 24.5. The number of hydrogen-bond donors (Lipinski definition) is 2. The number of rotatable bonds is 8. The summed E-state index contributed by atoms with van der Waals surface area (Å²) < 4.78 is 35.6. The average Bonchev–Trinajstić information content (AvgIpc) is 3.52. The molecule has 2 saturated carbocycles. The Labute approximate surface area is 172 Å². The SMILES string of the molecule is CC12CCC(C(=O)NCCS(=O)(=O)CCNC(=O)C3CCC4(C)OC4C3)CC1O2. The highest BCUT2D eigenvalue weighted by molar-refractivity contribution is 7.91. The maximum absolute atomic E-state index is 12.3. The maximum Gasteiger partial charge on any atom is 0.223 e. The van der Waals surface area contributed by atoms with E-state index in [0.717, 1.165) is 25.7 Å². The molecule has 0 aromatic carbocycles. The highest BCUT2D eigenvalue weighted by atomic mass is 32.2. The number of hydrogen-bond acceptors (Lipinski definition) is 6. The second-order valence-corrected chi connectivity index (χ2v) is 11.8. The lowest BCUT2D eigenvalue weighted by atomic mass is 9.82. The molecule has 0 radical (unpaired) electrons. The van der Waals surface area contributed by atoms with E-state index in [9.17, 15) is 18.0 Å². The van der Waals surface area contributed by atoms with Crippen molar-refractivity contribution in [2.75, 3.05) is 24.6 Å². The van der Waals surface area contributed by atoms with Crippen molar-refractivity contribution in [3.8, 4) is 0 Å². The number of nitrogens with one attached hydrogen (secondary N) is 2. The first kappa shape index (κ1) is 21.1. The molecule has 2 aliphatic heterocycles. The quantitative estimate of drug-likeness (QED) is 0.545. The van der Waals surface area contributed by atoms with Gasteiger partial charge in [-0.25, -0.2) is 8.42 Å². The first-order chi connectivity index (χ1) is 13.6.